The van der Waals surface area contributed by atoms with Crippen molar-refractivity contribution in [3.8, 4) is 22.8 Å². The fraction of sp³-hybridized carbons (Fsp3) is 0.185. The molecular weight excluding hydrogens is 858 g/mol. The highest BCUT2D eigenvalue weighted by atomic mass is 15.2. The van der Waals surface area contributed by atoms with Gasteiger partial charge in [-0.3, -0.25) is 0 Å². The van der Waals surface area contributed by atoms with Crippen molar-refractivity contribution in [2.24, 2.45) is 5.92 Å². The fourth-order valence-electron chi connectivity index (χ4n) is 13.1. The van der Waals surface area contributed by atoms with Crippen molar-refractivity contribution in [1.29, 1.82) is 0 Å². The van der Waals surface area contributed by atoms with E-state index in [0.29, 0.717) is 11.6 Å². The van der Waals surface area contributed by atoms with Gasteiger partial charge in [-0.05, 0) is 78.3 Å². The van der Waals surface area contributed by atoms with Crippen LogP contribution in [0.3, 0.4) is 0 Å². The smallest absolute Gasteiger partial charge is 0.217 e. The molecule has 3 heterocycles. The maximum Gasteiger partial charge on any atom is 0.217 e. The first kappa shape index (κ1) is 43.5. The third-order valence-corrected chi connectivity index (χ3v) is 16.2. The minimum absolute atomic E-state index is 0.139. The second-order valence-electron chi connectivity index (χ2n) is 20.2. The Labute approximate surface area is 420 Å². The predicted molar refractivity (Wildman–Crippen MR) is 298 cm³/mol. The summed E-state index contributed by atoms with van der Waals surface area (Å²) in [5, 5.41) is 0. The van der Waals surface area contributed by atoms with Crippen LogP contribution < -0.4 is 21.3 Å². The Bertz CT molecular complexity index is 3330. The Kier molecular flexibility index (Phi) is 11.6. The molecule has 1 aromatic heterocycles. The molecule has 0 amide bonds. The van der Waals surface area contributed by atoms with E-state index in [1.165, 1.54) is 55.6 Å². The van der Waals surface area contributed by atoms with E-state index in [2.05, 4.69) is 236 Å². The molecule has 4 nitrogen and oxygen atoms in total. The number of hydrogen-bond acceptors (Lipinski definition) is 4. The standard InChI is InChI=1S/C65H56B2N4/c1-5-23-44(24-6-1)49-33-21-35-52(61(49)54-43-47-29-13-17-39-57(47)67(48-30-11-4-12-31-48)58-40-18-14-32-51(54)58)64-68-63(46-27-9-3-10-28-46)69-65(70-64)53-36-22-34-50(45-25-7-2-8-26-45)62(53)71-59-41-19-15-37-55(59)66-56-38-16-20-42-60(56)71/h1,3-7,9-23,25-35,37-42,44,51,53-55,58-59,66H,2,8,24,36,43H2/t44?,51?,53?,54-,55?,58?,59?/m0/s1. The molecule has 5 aliphatic carbocycles. The summed E-state index contributed by atoms with van der Waals surface area (Å²) in [5.74, 6) is 3.28. The van der Waals surface area contributed by atoms with Gasteiger partial charge in [-0.15, -0.1) is 0 Å². The molecule has 5 aromatic carbocycles. The molecule has 0 N–H and O–H groups in total. The topological polar surface area (TPSA) is 41.9 Å². The average molecular weight is 915 g/mol. The Morgan fingerprint density at radius 3 is 2.27 bits per heavy atom. The summed E-state index contributed by atoms with van der Waals surface area (Å²) in [6.45, 7) is 0.215. The highest BCUT2D eigenvalue weighted by molar-refractivity contribution is 6.87. The average Bonchev–Trinajstić information content (AvgIpc) is 3.59. The number of benzene rings is 5. The van der Waals surface area contributed by atoms with Crippen molar-refractivity contribution >= 4 is 36.1 Å². The highest BCUT2D eigenvalue weighted by Crippen LogP contribution is 2.50. The maximum atomic E-state index is 5.86. The van der Waals surface area contributed by atoms with Gasteiger partial charge in [0, 0.05) is 34.0 Å². The zero-order chi connectivity index (χ0) is 47.1. The van der Waals surface area contributed by atoms with Crippen LogP contribution in [0.4, 0.5) is 5.69 Å². The van der Waals surface area contributed by atoms with Crippen molar-refractivity contribution < 1.29 is 0 Å². The summed E-state index contributed by atoms with van der Waals surface area (Å²) in [4.78, 5) is 19.8. The number of hydrogen-bond donors (Lipinski definition) is 0. The maximum absolute atomic E-state index is 5.86. The first-order valence-corrected chi connectivity index (χ1v) is 26.0. The molecule has 0 saturated heterocycles. The van der Waals surface area contributed by atoms with Gasteiger partial charge in [0.1, 0.15) is 5.82 Å². The van der Waals surface area contributed by atoms with E-state index in [1.807, 2.05) is 0 Å². The monoisotopic (exact) mass is 914 g/mol. The summed E-state index contributed by atoms with van der Waals surface area (Å²) in [5.41, 5.74) is 15.5. The van der Waals surface area contributed by atoms with E-state index in [1.54, 1.807) is 0 Å². The van der Waals surface area contributed by atoms with E-state index >= 15 is 0 Å². The van der Waals surface area contributed by atoms with E-state index in [4.69, 9.17) is 15.0 Å². The second-order valence-corrected chi connectivity index (χ2v) is 20.2. The van der Waals surface area contributed by atoms with Crippen LogP contribution in [0.15, 0.2) is 248 Å². The number of anilines is 1. The lowest BCUT2D eigenvalue weighted by atomic mass is 9.31. The third kappa shape index (κ3) is 8.04. The van der Waals surface area contributed by atoms with Crippen LogP contribution in [-0.2, 0) is 6.42 Å². The molecular formula is C65H56B2N4. The van der Waals surface area contributed by atoms with Crippen molar-refractivity contribution in [2.45, 2.75) is 67.5 Å². The van der Waals surface area contributed by atoms with E-state index in [0.717, 1.165) is 62.2 Å². The van der Waals surface area contributed by atoms with Gasteiger partial charge in [-0.2, -0.15) is 0 Å². The van der Waals surface area contributed by atoms with Crippen molar-refractivity contribution in [3.05, 3.63) is 270 Å². The van der Waals surface area contributed by atoms with Crippen molar-refractivity contribution in [3.63, 3.8) is 0 Å². The Morgan fingerprint density at radius 1 is 0.606 bits per heavy atom. The molecule has 7 atom stereocenters. The SMILES string of the molecule is B1c2ccccc2N(C2=C(C3=CCCC=C3)C=CCC2c2nc(-c3ccccc3)nc(-c3cccc(C4C=CC=CC4)c3[C@H]3Cc4ccccc4B(c4ccccc4)C4C=CC=CC43)n2)C2C=CC=CC12. The molecule has 6 unspecified atom stereocenters. The van der Waals surface area contributed by atoms with Crippen LogP contribution in [0.1, 0.15) is 66.0 Å². The summed E-state index contributed by atoms with van der Waals surface area (Å²) >= 11 is 0. The summed E-state index contributed by atoms with van der Waals surface area (Å²) in [7, 11) is 1.01. The molecule has 0 fully saturated rings. The van der Waals surface area contributed by atoms with Gasteiger partial charge in [-0.1, -0.05) is 247 Å². The lowest BCUT2D eigenvalue weighted by Gasteiger charge is -2.46. The van der Waals surface area contributed by atoms with Crippen LogP contribution in [0.25, 0.3) is 22.8 Å². The molecule has 71 heavy (non-hydrogen) atoms. The largest absolute Gasteiger partial charge is 0.337 e. The molecule has 0 bridgehead atoms. The van der Waals surface area contributed by atoms with Crippen LogP contribution in [0, 0.1) is 5.92 Å². The zero-order valence-corrected chi connectivity index (χ0v) is 40.1. The fourth-order valence-corrected chi connectivity index (χ4v) is 13.1. The molecule has 6 heteroatoms. The van der Waals surface area contributed by atoms with Crippen LogP contribution in [0.5, 0.6) is 0 Å². The van der Waals surface area contributed by atoms with Crippen LogP contribution in [0.2, 0.25) is 11.6 Å². The van der Waals surface area contributed by atoms with Crippen LogP contribution >= 0.6 is 0 Å². The van der Waals surface area contributed by atoms with Gasteiger partial charge >= 0.3 is 0 Å². The zero-order valence-electron chi connectivity index (χ0n) is 40.1. The number of para-hydroxylation sites is 1. The third-order valence-electron chi connectivity index (χ3n) is 16.2. The number of nitrogens with zero attached hydrogens (tertiary/aromatic N) is 4. The van der Waals surface area contributed by atoms with E-state index in [-0.39, 0.29) is 42.2 Å². The second kappa shape index (κ2) is 19.0. The number of rotatable bonds is 8. The number of fused-ring (bicyclic) bond motifs is 4. The lowest BCUT2D eigenvalue weighted by molar-refractivity contribution is 0.503. The first-order valence-electron chi connectivity index (χ1n) is 26.0. The number of aromatic nitrogens is 3. The van der Waals surface area contributed by atoms with Gasteiger partial charge in [0.2, 0.25) is 6.71 Å². The molecule has 7 aliphatic rings. The quantitative estimate of drug-likeness (QED) is 0.143. The minimum Gasteiger partial charge on any atom is -0.337 e. The summed E-state index contributed by atoms with van der Waals surface area (Å²) in [6.07, 6.45) is 44.6. The lowest BCUT2D eigenvalue weighted by Crippen LogP contribution is -2.49. The van der Waals surface area contributed by atoms with Gasteiger partial charge in [0.05, 0.1) is 12.0 Å². The Morgan fingerprint density at radius 2 is 1.39 bits per heavy atom. The molecule has 0 radical (unpaired) electrons. The summed E-state index contributed by atoms with van der Waals surface area (Å²) in [6, 6.07) is 47.3. The Hall–Kier alpha value is -7.56. The van der Waals surface area contributed by atoms with Gasteiger partial charge in [0.15, 0.2) is 18.9 Å². The summed E-state index contributed by atoms with van der Waals surface area (Å²) < 4.78 is 0. The first-order chi connectivity index (χ1) is 35.2. The van der Waals surface area contributed by atoms with Crippen molar-refractivity contribution in [1.82, 2.24) is 15.0 Å². The predicted octanol–water partition coefficient (Wildman–Crippen LogP) is 12.3. The van der Waals surface area contributed by atoms with E-state index < -0.39 is 0 Å². The minimum atomic E-state index is -0.146. The van der Waals surface area contributed by atoms with E-state index in [9.17, 15) is 0 Å². The molecule has 2 aliphatic heterocycles. The Balaban J connectivity index is 1.04. The number of allylic oxidation sites excluding steroid dienone is 18. The van der Waals surface area contributed by atoms with Gasteiger partial charge in [-0.25, -0.2) is 15.0 Å². The molecule has 342 valence electrons. The van der Waals surface area contributed by atoms with Crippen molar-refractivity contribution in [2.75, 3.05) is 4.90 Å². The normalized spacial score (nSPS) is 24.7. The molecule has 0 spiro atoms. The molecule has 6 aromatic rings. The molecule has 0 saturated carbocycles. The molecule has 13 rings (SSSR count). The van der Waals surface area contributed by atoms with Gasteiger partial charge in [0.25, 0.3) is 0 Å². The highest BCUT2D eigenvalue weighted by Gasteiger charge is 2.44. The van der Waals surface area contributed by atoms with Gasteiger partial charge < -0.3 is 4.90 Å². The van der Waals surface area contributed by atoms with Crippen LogP contribution in [-0.4, -0.2) is 35.0 Å².